The van der Waals surface area contributed by atoms with Gasteiger partial charge < -0.3 is 4.74 Å². The number of carbonyl (C=O) groups excluding carboxylic acids is 1. The Kier molecular flexibility index (Phi) is 6.57. The lowest BCUT2D eigenvalue weighted by Gasteiger charge is -2.32. The largest absolute Gasteiger partial charge is 0.433 e. The Morgan fingerprint density at radius 2 is 1.89 bits per heavy atom. The van der Waals surface area contributed by atoms with Crippen molar-refractivity contribution in [2.75, 3.05) is 11.5 Å². The zero-order valence-corrected chi connectivity index (χ0v) is 21.4. The maximum absolute atomic E-state index is 13.4. The number of halogens is 2. The maximum Gasteiger partial charge on any atom is 0.394 e. The van der Waals surface area contributed by atoms with E-state index >= 15 is 0 Å². The summed E-state index contributed by atoms with van der Waals surface area (Å²) in [7, 11) is -3.05. The Labute approximate surface area is 207 Å². The third-order valence-corrected chi connectivity index (χ3v) is 8.20. The van der Waals surface area contributed by atoms with Crippen LogP contribution in [0.4, 0.5) is 8.78 Å². The molecular formula is C25H29F2N3O5S. The first kappa shape index (κ1) is 26.0. The van der Waals surface area contributed by atoms with E-state index in [-0.39, 0.29) is 41.1 Å². The van der Waals surface area contributed by atoms with Crippen LogP contribution in [0.15, 0.2) is 41.3 Å². The maximum atomic E-state index is 13.4. The van der Waals surface area contributed by atoms with E-state index in [0.29, 0.717) is 36.5 Å². The number of ether oxygens (including phenoxy) is 1. The summed E-state index contributed by atoms with van der Waals surface area (Å²) in [4.78, 5) is 31.0. The number of alkyl halides is 2. The number of pyridine rings is 1. The van der Waals surface area contributed by atoms with E-state index in [1.165, 1.54) is 33.5 Å². The average Bonchev–Trinajstić information content (AvgIpc) is 3.06. The van der Waals surface area contributed by atoms with Gasteiger partial charge in [0.1, 0.15) is 15.6 Å². The van der Waals surface area contributed by atoms with Gasteiger partial charge in [-0.1, -0.05) is 13.0 Å². The molecule has 11 heteroatoms. The summed E-state index contributed by atoms with van der Waals surface area (Å²) in [6.07, 6.45) is -0.984. The molecule has 3 aromatic rings. The summed E-state index contributed by atoms with van der Waals surface area (Å²) in [5.74, 6) is -0.151. The Balaban J connectivity index is 1.74. The molecule has 1 aliphatic rings. The van der Waals surface area contributed by atoms with E-state index in [4.69, 9.17) is 0 Å². The molecule has 4 rings (SSSR count). The molecule has 36 heavy (non-hydrogen) atoms. The molecule has 0 amide bonds. The molecule has 2 aromatic heterocycles. The van der Waals surface area contributed by atoms with Crippen molar-refractivity contribution < 1.29 is 26.7 Å². The Morgan fingerprint density at radius 3 is 2.50 bits per heavy atom. The number of aromatic nitrogens is 3. The molecule has 1 aromatic carbocycles. The van der Waals surface area contributed by atoms with Crippen LogP contribution in [0, 0.1) is 5.41 Å². The number of ketones is 1. The Bertz CT molecular complexity index is 1470. The van der Waals surface area contributed by atoms with Crippen molar-refractivity contribution in [3.05, 3.63) is 52.6 Å². The van der Waals surface area contributed by atoms with Gasteiger partial charge in [-0.15, -0.1) is 0 Å². The van der Waals surface area contributed by atoms with E-state index in [0.717, 1.165) is 0 Å². The number of fused-ring (bicyclic) bond motifs is 1. The fraction of sp³-hybridized carbons (Fsp3) is 0.480. The van der Waals surface area contributed by atoms with Crippen LogP contribution in [-0.2, 0) is 9.84 Å². The van der Waals surface area contributed by atoms with Gasteiger partial charge in [0.05, 0.1) is 22.7 Å². The molecule has 0 unspecified atom stereocenters. The molecular weight excluding hydrogens is 492 g/mol. The molecule has 8 nitrogen and oxygen atoms in total. The standard InChI is InChI=1S/C25H29F2N3O5S/c1-16(2)29-20-12-17(21(31)14-24(3)8-10-36(33,34)11-9-24)15-28-22(20)30(23(29)32)18-6-5-7-19(13-18)35-25(4,26)27/h5-7,12-13,15-16H,8-11,14H2,1-4H3. The van der Waals surface area contributed by atoms with Gasteiger partial charge in [0.2, 0.25) is 0 Å². The fourth-order valence-electron chi connectivity index (χ4n) is 4.57. The SMILES string of the molecule is CC(C)n1c(=O)n(-c2cccc(OC(C)(F)F)c2)c2ncc(C(=O)CC3(C)CCS(=O)(=O)CC3)cc21. The van der Waals surface area contributed by atoms with E-state index in [1.807, 2.05) is 20.8 Å². The van der Waals surface area contributed by atoms with Crippen molar-refractivity contribution in [2.24, 2.45) is 5.41 Å². The molecule has 1 saturated heterocycles. The number of hydrogen-bond donors (Lipinski definition) is 0. The monoisotopic (exact) mass is 521 g/mol. The molecule has 0 aliphatic carbocycles. The first-order chi connectivity index (χ1) is 16.7. The van der Waals surface area contributed by atoms with Gasteiger partial charge in [0, 0.05) is 37.2 Å². The highest BCUT2D eigenvalue weighted by Gasteiger charge is 2.35. The summed E-state index contributed by atoms with van der Waals surface area (Å²) in [6, 6.07) is 7.14. The fourth-order valence-corrected chi connectivity index (χ4v) is 6.38. The molecule has 0 radical (unpaired) electrons. The van der Waals surface area contributed by atoms with Gasteiger partial charge in [-0.25, -0.2) is 22.8 Å². The number of nitrogens with zero attached hydrogens (tertiary/aromatic N) is 3. The zero-order valence-electron chi connectivity index (χ0n) is 20.6. The second-order valence-electron chi connectivity index (χ2n) is 10.1. The third-order valence-electron chi connectivity index (χ3n) is 6.55. The quantitative estimate of drug-likeness (QED) is 0.423. The topological polar surface area (TPSA) is 100 Å². The van der Waals surface area contributed by atoms with Crippen LogP contribution >= 0.6 is 0 Å². The Hall–Kier alpha value is -3.08. The molecule has 0 N–H and O–H groups in total. The molecule has 1 aliphatic heterocycles. The lowest BCUT2D eigenvalue weighted by atomic mass is 9.78. The van der Waals surface area contributed by atoms with Gasteiger partial charge in [0.25, 0.3) is 0 Å². The van der Waals surface area contributed by atoms with Crippen molar-refractivity contribution in [3.63, 3.8) is 0 Å². The van der Waals surface area contributed by atoms with Gasteiger partial charge in [-0.05, 0) is 50.3 Å². The Morgan fingerprint density at radius 1 is 1.22 bits per heavy atom. The molecule has 3 heterocycles. The normalized spacial score (nSPS) is 17.4. The minimum absolute atomic E-state index is 0.0660. The number of carbonyl (C=O) groups is 1. The predicted octanol–water partition coefficient (Wildman–Crippen LogP) is 4.55. The summed E-state index contributed by atoms with van der Waals surface area (Å²) >= 11 is 0. The highest BCUT2D eigenvalue weighted by atomic mass is 32.2. The van der Waals surface area contributed by atoms with E-state index < -0.39 is 27.1 Å². The van der Waals surface area contributed by atoms with Crippen molar-refractivity contribution in [1.29, 1.82) is 0 Å². The van der Waals surface area contributed by atoms with Crippen molar-refractivity contribution in [1.82, 2.24) is 14.1 Å². The van der Waals surface area contributed by atoms with Crippen LogP contribution in [0.1, 0.15) is 63.4 Å². The summed E-state index contributed by atoms with van der Waals surface area (Å²) in [6.45, 7) is 6.19. The van der Waals surface area contributed by atoms with Gasteiger partial charge in [-0.2, -0.15) is 8.78 Å². The summed E-state index contributed by atoms with van der Waals surface area (Å²) in [5.41, 5.74) is 0.481. The van der Waals surface area contributed by atoms with E-state index in [1.54, 1.807) is 12.1 Å². The average molecular weight is 522 g/mol. The van der Waals surface area contributed by atoms with Crippen LogP contribution in [0.25, 0.3) is 16.9 Å². The van der Waals surface area contributed by atoms with Gasteiger partial charge >= 0.3 is 11.8 Å². The second kappa shape index (κ2) is 9.10. The van der Waals surface area contributed by atoms with Crippen molar-refractivity contribution >= 4 is 26.8 Å². The molecule has 194 valence electrons. The number of sulfone groups is 1. The second-order valence-corrected chi connectivity index (χ2v) is 12.4. The smallest absolute Gasteiger partial charge is 0.394 e. The van der Waals surface area contributed by atoms with Gasteiger partial charge in [-0.3, -0.25) is 9.36 Å². The zero-order chi connectivity index (χ0) is 26.5. The van der Waals surface area contributed by atoms with E-state index in [2.05, 4.69) is 9.72 Å². The first-order valence-corrected chi connectivity index (χ1v) is 13.5. The highest BCUT2D eigenvalue weighted by molar-refractivity contribution is 7.91. The third kappa shape index (κ3) is 5.35. The number of hydrogen-bond acceptors (Lipinski definition) is 6. The predicted molar refractivity (Wildman–Crippen MR) is 132 cm³/mol. The van der Waals surface area contributed by atoms with E-state index in [9.17, 15) is 26.8 Å². The van der Waals surface area contributed by atoms with Crippen molar-refractivity contribution in [3.8, 4) is 11.4 Å². The lowest BCUT2D eigenvalue weighted by Crippen LogP contribution is -2.33. The lowest BCUT2D eigenvalue weighted by molar-refractivity contribution is -0.158. The van der Waals surface area contributed by atoms with Crippen LogP contribution in [0.3, 0.4) is 0 Å². The summed E-state index contributed by atoms with van der Waals surface area (Å²) in [5, 5.41) is 0. The number of benzene rings is 1. The number of Topliss-reactive ketones (excluding diaryl/α,β-unsaturated/α-hetero) is 1. The molecule has 0 saturated carbocycles. The van der Waals surface area contributed by atoms with Crippen LogP contribution in [0.2, 0.25) is 0 Å². The molecule has 0 bridgehead atoms. The summed E-state index contributed by atoms with van der Waals surface area (Å²) < 4.78 is 57.8. The minimum atomic E-state index is -3.39. The molecule has 0 spiro atoms. The van der Waals surface area contributed by atoms with Crippen molar-refractivity contribution in [2.45, 2.75) is 59.1 Å². The highest BCUT2D eigenvalue weighted by Crippen LogP contribution is 2.36. The minimum Gasteiger partial charge on any atom is -0.433 e. The van der Waals surface area contributed by atoms with Gasteiger partial charge in [0.15, 0.2) is 11.4 Å². The molecule has 0 atom stereocenters. The van der Waals surface area contributed by atoms with Crippen LogP contribution in [0.5, 0.6) is 5.75 Å². The number of rotatable bonds is 7. The first-order valence-electron chi connectivity index (χ1n) is 11.7. The van der Waals surface area contributed by atoms with Crippen LogP contribution < -0.4 is 10.4 Å². The molecule has 1 fully saturated rings. The van der Waals surface area contributed by atoms with Crippen LogP contribution in [-0.4, -0.2) is 45.9 Å². The number of imidazole rings is 1.